The highest BCUT2D eigenvalue weighted by Crippen LogP contribution is 2.28. The third-order valence-electron chi connectivity index (χ3n) is 5.24. The van der Waals surface area contributed by atoms with E-state index in [9.17, 15) is 4.79 Å². The summed E-state index contributed by atoms with van der Waals surface area (Å²) in [5.74, 6) is 2.05. The molecule has 2 aromatic rings. The molecule has 0 bridgehead atoms. The van der Waals surface area contributed by atoms with Crippen molar-refractivity contribution in [3.05, 3.63) is 41.2 Å². The number of benzene rings is 1. The number of amides is 2. The first-order chi connectivity index (χ1) is 13.5. The molecule has 28 heavy (non-hydrogen) atoms. The van der Waals surface area contributed by atoms with E-state index in [1.165, 1.54) is 0 Å². The topological polar surface area (TPSA) is 70.6 Å². The molecule has 0 saturated carbocycles. The first-order valence-electron chi connectivity index (χ1n) is 9.92. The number of carbonyl (C=O) groups is 1. The minimum absolute atomic E-state index is 0.0634. The van der Waals surface area contributed by atoms with Crippen molar-refractivity contribution in [2.45, 2.75) is 33.1 Å². The Labute approximate surface area is 165 Å². The zero-order valence-corrected chi connectivity index (χ0v) is 16.7. The van der Waals surface area contributed by atoms with Gasteiger partial charge in [-0.15, -0.1) is 0 Å². The molecule has 7 nitrogen and oxygen atoms in total. The smallest absolute Gasteiger partial charge is 0.321 e. The molecule has 0 spiro atoms. The van der Waals surface area contributed by atoms with Crippen LogP contribution < -0.4 is 15.0 Å². The number of fused-ring (bicyclic) bond motifs is 1. The number of urea groups is 1. The molecule has 1 saturated heterocycles. The first kappa shape index (κ1) is 18.5. The fourth-order valence-corrected chi connectivity index (χ4v) is 3.59. The summed E-state index contributed by atoms with van der Waals surface area (Å²) in [4.78, 5) is 26.0. The summed E-state index contributed by atoms with van der Waals surface area (Å²) in [7, 11) is 0. The van der Waals surface area contributed by atoms with E-state index >= 15 is 0 Å². The summed E-state index contributed by atoms with van der Waals surface area (Å²) in [5.41, 5.74) is 4.01. The van der Waals surface area contributed by atoms with Gasteiger partial charge in [0.1, 0.15) is 5.75 Å². The number of aromatic nitrogens is 2. The maximum absolute atomic E-state index is 12.6. The Bertz CT molecular complexity index is 875. The summed E-state index contributed by atoms with van der Waals surface area (Å²) >= 11 is 0. The van der Waals surface area contributed by atoms with E-state index in [-0.39, 0.29) is 6.03 Å². The largest absolute Gasteiger partial charge is 0.493 e. The van der Waals surface area contributed by atoms with E-state index < -0.39 is 0 Å². The molecule has 0 unspecified atom stereocenters. The van der Waals surface area contributed by atoms with Crippen molar-refractivity contribution in [1.29, 1.82) is 0 Å². The fourth-order valence-electron chi connectivity index (χ4n) is 3.59. The molecule has 7 heteroatoms. The van der Waals surface area contributed by atoms with Crippen molar-refractivity contribution >= 4 is 17.7 Å². The van der Waals surface area contributed by atoms with Crippen LogP contribution >= 0.6 is 0 Å². The highest BCUT2D eigenvalue weighted by molar-refractivity contribution is 5.89. The lowest BCUT2D eigenvalue weighted by molar-refractivity contribution is 0.208. The summed E-state index contributed by atoms with van der Waals surface area (Å²) in [6.45, 7) is 9.75. The standard InChI is InChI=1S/C21H27N5O2/c1-14(2)18-12-15(3)22-20(24-18)25-7-9-26(10-8-25)21(27)23-17-4-5-19-16(13-17)6-11-28-19/h4-5,12-14H,6-11H2,1-3H3,(H,23,27). The molecule has 0 atom stereocenters. The molecule has 1 fully saturated rings. The second-order valence-electron chi connectivity index (χ2n) is 7.71. The Kier molecular flexibility index (Phi) is 5.07. The zero-order valence-electron chi connectivity index (χ0n) is 16.7. The van der Waals surface area contributed by atoms with Crippen molar-refractivity contribution in [3.8, 4) is 5.75 Å². The minimum atomic E-state index is -0.0634. The molecule has 0 radical (unpaired) electrons. The third-order valence-corrected chi connectivity index (χ3v) is 5.24. The van der Waals surface area contributed by atoms with E-state index in [1.54, 1.807) is 0 Å². The number of carbonyl (C=O) groups excluding carboxylic acids is 1. The lowest BCUT2D eigenvalue weighted by Gasteiger charge is -2.35. The maximum Gasteiger partial charge on any atom is 0.321 e. The minimum Gasteiger partial charge on any atom is -0.493 e. The molecular weight excluding hydrogens is 354 g/mol. The summed E-state index contributed by atoms with van der Waals surface area (Å²) in [5, 5.41) is 3.01. The summed E-state index contributed by atoms with van der Waals surface area (Å²) < 4.78 is 5.52. The molecule has 148 valence electrons. The van der Waals surface area contributed by atoms with Crippen LogP contribution in [0, 0.1) is 6.92 Å². The van der Waals surface area contributed by atoms with Gasteiger partial charge in [0.15, 0.2) is 0 Å². The van der Waals surface area contributed by atoms with Gasteiger partial charge < -0.3 is 19.9 Å². The van der Waals surface area contributed by atoms with E-state index in [4.69, 9.17) is 9.72 Å². The lowest BCUT2D eigenvalue weighted by atomic mass is 10.1. The molecular formula is C21H27N5O2. The third kappa shape index (κ3) is 3.88. The monoisotopic (exact) mass is 381 g/mol. The maximum atomic E-state index is 12.6. The van der Waals surface area contributed by atoms with E-state index in [0.29, 0.717) is 25.6 Å². The molecule has 2 aliphatic rings. The van der Waals surface area contributed by atoms with Gasteiger partial charge in [-0.05, 0) is 42.7 Å². The first-order valence-corrected chi connectivity index (χ1v) is 9.92. The lowest BCUT2D eigenvalue weighted by Crippen LogP contribution is -2.50. The van der Waals surface area contributed by atoms with Crippen LogP contribution in [-0.4, -0.2) is 53.7 Å². The number of piperazine rings is 1. The number of rotatable bonds is 3. The number of hydrogen-bond acceptors (Lipinski definition) is 5. The van der Waals surface area contributed by atoms with Crippen LogP contribution in [0.5, 0.6) is 5.75 Å². The second-order valence-corrected chi connectivity index (χ2v) is 7.71. The summed E-state index contributed by atoms with van der Waals surface area (Å²) in [6.07, 6.45) is 0.895. The van der Waals surface area contributed by atoms with E-state index in [0.717, 1.165) is 53.8 Å². The SMILES string of the molecule is Cc1cc(C(C)C)nc(N2CCN(C(=O)Nc3ccc4c(c3)CCO4)CC2)n1. The predicted molar refractivity (Wildman–Crippen MR) is 109 cm³/mol. The second kappa shape index (κ2) is 7.66. The van der Waals surface area contributed by atoms with Crippen molar-refractivity contribution in [1.82, 2.24) is 14.9 Å². The van der Waals surface area contributed by atoms with Crippen LogP contribution in [0.2, 0.25) is 0 Å². The molecule has 1 aromatic carbocycles. The molecule has 2 aliphatic heterocycles. The molecule has 0 aliphatic carbocycles. The number of nitrogens with one attached hydrogen (secondary N) is 1. The highest BCUT2D eigenvalue weighted by atomic mass is 16.5. The van der Waals surface area contributed by atoms with Crippen molar-refractivity contribution in [2.75, 3.05) is 43.0 Å². The average molecular weight is 381 g/mol. The Morgan fingerprint density at radius 2 is 1.93 bits per heavy atom. The number of aryl methyl sites for hydroxylation is 1. The van der Waals surface area contributed by atoms with Crippen LogP contribution in [0.1, 0.15) is 36.7 Å². The van der Waals surface area contributed by atoms with Crippen molar-refractivity contribution in [3.63, 3.8) is 0 Å². The number of hydrogen-bond donors (Lipinski definition) is 1. The molecule has 3 heterocycles. The van der Waals surface area contributed by atoms with Gasteiger partial charge >= 0.3 is 6.03 Å². The highest BCUT2D eigenvalue weighted by Gasteiger charge is 2.24. The van der Waals surface area contributed by atoms with Gasteiger partial charge in [-0.3, -0.25) is 0 Å². The van der Waals surface area contributed by atoms with Gasteiger partial charge in [-0.2, -0.15) is 0 Å². The van der Waals surface area contributed by atoms with Gasteiger partial charge in [0.05, 0.1) is 6.61 Å². The number of nitrogens with zero attached hydrogens (tertiary/aromatic N) is 4. The molecule has 4 rings (SSSR count). The van der Waals surface area contributed by atoms with Crippen LogP contribution in [0.15, 0.2) is 24.3 Å². The molecule has 2 amide bonds. The van der Waals surface area contributed by atoms with E-state index in [1.807, 2.05) is 36.1 Å². The molecule has 1 aromatic heterocycles. The van der Waals surface area contributed by atoms with E-state index in [2.05, 4.69) is 29.0 Å². The van der Waals surface area contributed by atoms with Gasteiger partial charge in [-0.1, -0.05) is 13.8 Å². The number of ether oxygens (including phenoxy) is 1. The van der Waals surface area contributed by atoms with Crippen molar-refractivity contribution < 1.29 is 9.53 Å². The zero-order chi connectivity index (χ0) is 19.7. The fraction of sp³-hybridized carbons (Fsp3) is 0.476. The molecule has 1 N–H and O–H groups in total. The van der Waals surface area contributed by atoms with Crippen LogP contribution in [-0.2, 0) is 6.42 Å². The average Bonchev–Trinajstić information content (AvgIpc) is 3.15. The quantitative estimate of drug-likeness (QED) is 0.884. The van der Waals surface area contributed by atoms with Crippen LogP contribution in [0.4, 0.5) is 16.4 Å². The Morgan fingerprint density at radius 1 is 1.14 bits per heavy atom. The van der Waals surface area contributed by atoms with Gasteiger partial charge in [-0.25, -0.2) is 14.8 Å². The van der Waals surface area contributed by atoms with Gasteiger partial charge in [0.25, 0.3) is 0 Å². The normalized spacial score (nSPS) is 16.1. The Morgan fingerprint density at radius 3 is 2.68 bits per heavy atom. The van der Waals surface area contributed by atoms with Crippen LogP contribution in [0.25, 0.3) is 0 Å². The predicted octanol–water partition coefficient (Wildman–Crippen LogP) is 3.20. The van der Waals surface area contributed by atoms with Crippen molar-refractivity contribution in [2.24, 2.45) is 0 Å². The number of anilines is 2. The Balaban J connectivity index is 1.37. The summed E-state index contributed by atoms with van der Waals surface area (Å²) in [6, 6.07) is 7.81. The van der Waals surface area contributed by atoms with Gasteiger partial charge in [0, 0.05) is 49.7 Å². The van der Waals surface area contributed by atoms with Gasteiger partial charge in [0.2, 0.25) is 5.95 Å². The Hall–Kier alpha value is -2.83. The van der Waals surface area contributed by atoms with Crippen LogP contribution in [0.3, 0.4) is 0 Å².